The maximum atomic E-state index is 11.1. The lowest BCUT2D eigenvalue weighted by Gasteiger charge is -2.14. The van der Waals surface area contributed by atoms with E-state index in [1.54, 1.807) is 6.08 Å². The van der Waals surface area contributed by atoms with Crippen molar-refractivity contribution in [2.75, 3.05) is 13.7 Å². The summed E-state index contributed by atoms with van der Waals surface area (Å²) in [6.07, 6.45) is 2.65. The number of hydrogen-bond acceptors (Lipinski definition) is 4. The quantitative estimate of drug-likeness (QED) is 0.453. The van der Waals surface area contributed by atoms with Crippen LogP contribution in [0, 0.1) is 0 Å². The summed E-state index contributed by atoms with van der Waals surface area (Å²) in [6, 6.07) is -0.711. The van der Waals surface area contributed by atoms with Crippen LogP contribution in [0.15, 0.2) is 12.7 Å². The molecule has 14 heavy (non-hydrogen) atoms. The Bertz CT molecular complexity index is 215. The number of carbonyl (C=O) groups excluding carboxylic acids is 2. The molecule has 0 aromatic carbocycles. The van der Waals surface area contributed by atoms with Crippen LogP contribution in [0.5, 0.6) is 0 Å². The van der Waals surface area contributed by atoms with Gasteiger partial charge in [-0.1, -0.05) is 6.08 Å². The molecular formula is C9H15NO4. The van der Waals surface area contributed by atoms with Crippen LogP contribution in [0.25, 0.3) is 0 Å². The van der Waals surface area contributed by atoms with E-state index in [0.29, 0.717) is 12.8 Å². The highest BCUT2D eigenvalue weighted by Crippen LogP contribution is 1.99. The zero-order chi connectivity index (χ0) is 11.0. The lowest BCUT2D eigenvalue weighted by atomic mass is 10.1. The largest absolute Gasteiger partial charge is 0.467 e. The Kier molecular flexibility index (Phi) is 6.39. The molecule has 0 bridgehead atoms. The third-order valence-electron chi connectivity index (χ3n) is 1.62. The molecule has 0 aromatic heterocycles. The molecule has 0 aliphatic rings. The van der Waals surface area contributed by atoms with Crippen LogP contribution >= 0.6 is 0 Å². The Morgan fingerprint density at radius 2 is 2.29 bits per heavy atom. The number of carbonyl (C=O) groups is 2. The first kappa shape index (κ1) is 12.6. The standard InChI is InChI=1S/C9H15NO4/c1-3-4-5-7(9(13)14-2)10-8(12)6-11/h3,7,11H,1,4-6H2,2H3,(H,10,12)/t7-/m1/s1. The van der Waals surface area contributed by atoms with Gasteiger partial charge in [0.05, 0.1) is 7.11 Å². The fraction of sp³-hybridized carbons (Fsp3) is 0.556. The molecule has 80 valence electrons. The van der Waals surface area contributed by atoms with Crippen LogP contribution in [0.2, 0.25) is 0 Å². The van der Waals surface area contributed by atoms with Gasteiger partial charge < -0.3 is 15.2 Å². The number of aliphatic hydroxyl groups is 1. The molecule has 2 N–H and O–H groups in total. The van der Waals surface area contributed by atoms with Gasteiger partial charge in [-0.05, 0) is 12.8 Å². The molecule has 0 aliphatic carbocycles. The molecule has 0 heterocycles. The summed E-state index contributed by atoms with van der Waals surface area (Å²) in [5.41, 5.74) is 0. The first-order valence-corrected chi connectivity index (χ1v) is 4.24. The number of aliphatic hydroxyl groups excluding tert-OH is 1. The predicted molar refractivity (Wildman–Crippen MR) is 50.5 cm³/mol. The molecule has 0 aromatic rings. The van der Waals surface area contributed by atoms with Crippen molar-refractivity contribution in [1.29, 1.82) is 0 Å². The Hall–Kier alpha value is -1.36. The van der Waals surface area contributed by atoms with Gasteiger partial charge in [-0.25, -0.2) is 4.79 Å². The Labute approximate surface area is 82.7 Å². The van der Waals surface area contributed by atoms with Gasteiger partial charge >= 0.3 is 5.97 Å². The summed E-state index contributed by atoms with van der Waals surface area (Å²) in [7, 11) is 1.24. The van der Waals surface area contributed by atoms with Crippen molar-refractivity contribution >= 4 is 11.9 Å². The minimum absolute atomic E-state index is 0.419. The van der Waals surface area contributed by atoms with E-state index in [9.17, 15) is 9.59 Å². The highest BCUT2D eigenvalue weighted by Gasteiger charge is 2.19. The van der Waals surface area contributed by atoms with Crippen LogP contribution in [0.4, 0.5) is 0 Å². The number of hydrogen-bond donors (Lipinski definition) is 2. The molecule has 0 saturated carbocycles. The van der Waals surface area contributed by atoms with Gasteiger partial charge in [0.2, 0.25) is 5.91 Å². The van der Waals surface area contributed by atoms with Gasteiger partial charge in [0.1, 0.15) is 12.6 Å². The zero-order valence-corrected chi connectivity index (χ0v) is 8.16. The van der Waals surface area contributed by atoms with Crippen LogP contribution < -0.4 is 5.32 Å². The normalized spacial score (nSPS) is 11.6. The monoisotopic (exact) mass is 201 g/mol. The summed E-state index contributed by atoms with van der Waals surface area (Å²) >= 11 is 0. The average Bonchev–Trinajstić information content (AvgIpc) is 2.22. The Balaban J connectivity index is 4.16. The molecule has 1 amide bonds. The molecule has 5 heteroatoms. The first-order chi connectivity index (χ1) is 6.65. The molecule has 0 radical (unpaired) electrons. The van der Waals surface area contributed by atoms with E-state index in [-0.39, 0.29) is 0 Å². The fourth-order valence-electron chi connectivity index (χ4n) is 0.916. The zero-order valence-electron chi connectivity index (χ0n) is 8.16. The van der Waals surface area contributed by atoms with E-state index in [0.717, 1.165) is 0 Å². The second-order valence-electron chi connectivity index (χ2n) is 2.67. The third kappa shape index (κ3) is 4.61. The summed E-state index contributed by atoms with van der Waals surface area (Å²) < 4.78 is 4.49. The lowest BCUT2D eigenvalue weighted by molar-refractivity contribution is -0.145. The first-order valence-electron chi connectivity index (χ1n) is 4.24. The van der Waals surface area contributed by atoms with Crippen molar-refractivity contribution in [2.45, 2.75) is 18.9 Å². The fourth-order valence-corrected chi connectivity index (χ4v) is 0.916. The number of esters is 1. The average molecular weight is 201 g/mol. The smallest absolute Gasteiger partial charge is 0.328 e. The van der Waals surface area contributed by atoms with Crippen molar-refractivity contribution in [3.05, 3.63) is 12.7 Å². The summed E-state index contributed by atoms with van der Waals surface area (Å²) in [5.74, 6) is -1.11. The molecule has 0 unspecified atom stereocenters. The maximum absolute atomic E-state index is 11.1. The van der Waals surface area contributed by atoms with Crippen molar-refractivity contribution in [1.82, 2.24) is 5.32 Å². The van der Waals surface area contributed by atoms with Gasteiger partial charge in [0.15, 0.2) is 0 Å². The van der Waals surface area contributed by atoms with Crippen molar-refractivity contribution < 1.29 is 19.4 Å². The number of amides is 1. The van der Waals surface area contributed by atoms with E-state index in [1.165, 1.54) is 7.11 Å². The minimum atomic E-state index is -0.711. The van der Waals surface area contributed by atoms with E-state index in [2.05, 4.69) is 16.6 Å². The molecular weight excluding hydrogens is 186 g/mol. The molecule has 0 saturated heterocycles. The second-order valence-corrected chi connectivity index (χ2v) is 2.67. The number of ether oxygens (including phenoxy) is 1. The van der Waals surface area contributed by atoms with Crippen molar-refractivity contribution in [3.63, 3.8) is 0 Å². The minimum Gasteiger partial charge on any atom is -0.467 e. The molecule has 0 aliphatic heterocycles. The van der Waals surface area contributed by atoms with E-state index < -0.39 is 24.5 Å². The van der Waals surface area contributed by atoms with E-state index in [4.69, 9.17) is 5.11 Å². The maximum Gasteiger partial charge on any atom is 0.328 e. The SMILES string of the molecule is C=CCC[C@@H](NC(=O)CO)C(=O)OC. The summed E-state index contributed by atoms with van der Waals surface area (Å²) in [4.78, 5) is 21.9. The van der Waals surface area contributed by atoms with Gasteiger partial charge in [-0.3, -0.25) is 4.79 Å². The van der Waals surface area contributed by atoms with Crippen LogP contribution in [-0.4, -0.2) is 36.7 Å². The van der Waals surface area contributed by atoms with Crippen molar-refractivity contribution in [3.8, 4) is 0 Å². The van der Waals surface area contributed by atoms with E-state index in [1.807, 2.05) is 0 Å². The molecule has 1 atom stereocenters. The number of methoxy groups -OCH3 is 1. The number of allylic oxidation sites excluding steroid dienone is 1. The highest BCUT2D eigenvalue weighted by molar-refractivity contribution is 5.84. The highest BCUT2D eigenvalue weighted by atomic mass is 16.5. The summed E-state index contributed by atoms with van der Waals surface area (Å²) in [5, 5.41) is 10.8. The lowest BCUT2D eigenvalue weighted by Crippen LogP contribution is -2.42. The number of rotatable bonds is 6. The molecule has 0 spiro atoms. The topological polar surface area (TPSA) is 75.6 Å². The summed E-state index contributed by atoms with van der Waals surface area (Å²) in [6.45, 7) is 2.87. The van der Waals surface area contributed by atoms with Crippen LogP contribution in [0.3, 0.4) is 0 Å². The number of nitrogens with one attached hydrogen (secondary N) is 1. The molecule has 0 rings (SSSR count). The van der Waals surface area contributed by atoms with Crippen LogP contribution in [0.1, 0.15) is 12.8 Å². The predicted octanol–water partition coefficient (Wildman–Crippen LogP) is -0.397. The second kappa shape index (κ2) is 7.08. The Morgan fingerprint density at radius 3 is 2.71 bits per heavy atom. The van der Waals surface area contributed by atoms with Gasteiger partial charge in [0.25, 0.3) is 0 Å². The molecule has 0 fully saturated rings. The Morgan fingerprint density at radius 1 is 1.64 bits per heavy atom. The van der Waals surface area contributed by atoms with Gasteiger partial charge in [-0.15, -0.1) is 6.58 Å². The van der Waals surface area contributed by atoms with Gasteiger partial charge in [0, 0.05) is 0 Å². The molecule has 5 nitrogen and oxygen atoms in total. The van der Waals surface area contributed by atoms with Crippen molar-refractivity contribution in [2.24, 2.45) is 0 Å². The van der Waals surface area contributed by atoms with Gasteiger partial charge in [-0.2, -0.15) is 0 Å². The van der Waals surface area contributed by atoms with E-state index >= 15 is 0 Å². The third-order valence-corrected chi connectivity index (χ3v) is 1.62. The van der Waals surface area contributed by atoms with Crippen LogP contribution in [-0.2, 0) is 14.3 Å².